The van der Waals surface area contributed by atoms with Gasteiger partial charge >= 0.3 is 5.82 Å². The topological polar surface area (TPSA) is 76.8 Å². The van der Waals surface area contributed by atoms with Crippen LogP contribution in [0.25, 0.3) is 4.96 Å². The van der Waals surface area contributed by atoms with Gasteiger partial charge in [-0.3, -0.25) is 0 Å². The number of hydrogen-bond acceptors (Lipinski definition) is 6. The number of anilines is 1. The van der Waals surface area contributed by atoms with E-state index in [1.54, 1.807) is 22.2 Å². The summed E-state index contributed by atoms with van der Waals surface area (Å²) in [5.74, 6) is 1.32. The van der Waals surface area contributed by atoms with Crippen molar-refractivity contribution >= 4 is 27.9 Å². The highest BCUT2D eigenvalue weighted by Gasteiger charge is 2.34. The van der Waals surface area contributed by atoms with Crippen molar-refractivity contribution in [3.05, 3.63) is 45.8 Å². The van der Waals surface area contributed by atoms with Crippen LogP contribution in [0.1, 0.15) is 31.1 Å². The van der Waals surface area contributed by atoms with Crippen LogP contribution in [0, 0.1) is 10.1 Å². The van der Waals surface area contributed by atoms with Crippen molar-refractivity contribution in [2.75, 3.05) is 11.4 Å². The molecule has 1 aliphatic heterocycles. The molecule has 3 aromatic rings. The Bertz CT molecular complexity index is 807. The maximum Gasteiger partial charge on any atom is 0.373 e. The van der Waals surface area contributed by atoms with Crippen molar-refractivity contribution < 1.29 is 9.34 Å². The molecule has 114 valence electrons. The fourth-order valence-electron chi connectivity index (χ4n) is 3.09. The fourth-order valence-corrected chi connectivity index (χ4v) is 3.79. The third-order valence-electron chi connectivity index (χ3n) is 4.04. The quantitative estimate of drug-likeness (QED) is 0.544. The second-order valence-corrected chi connectivity index (χ2v) is 6.17. The highest BCUT2D eigenvalue weighted by atomic mass is 32.1. The van der Waals surface area contributed by atoms with Gasteiger partial charge < -0.3 is 19.4 Å². The van der Waals surface area contributed by atoms with Crippen LogP contribution in [-0.2, 0) is 0 Å². The van der Waals surface area contributed by atoms with Gasteiger partial charge in [-0.25, -0.2) is 0 Å². The minimum Gasteiger partial charge on any atom is -0.467 e. The second-order valence-electron chi connectivity index (χ2n) is 5.29. The van der Waals surface area contributed by atoms with E-state index in [0.29, 0.717) is 10.8 Å². The average Bonchev–Trinajstić information content (AvgIpc) is 3.23. The third kappa shape index (κ3) is 1.98. The smallest absolute Gasteiger partial charge is 0.373 e. The van der Waals surface area contributed by atoms with Crippen molar-refractivity contribution in [3.63, 3.8) is 0 Å². The van der Waals surface area contributed by atoms with Crippen LogP contribution < -0.4 is 4.90 Å². The summed E-state index contributed by atoms with van der Waals surface area (Å²) in [5.41, 5.74) is 0. The van der Waals surface area contributed by atoms with E-state index in [1.165, 1.54) is 11.3 Å². The van der Waals surface area contributed by atoms with Gasteiger partial charge in [0.1, 0.15) is 12.0 Å². The van der Waals surface area contributed by atoms with E-state index in [9.17, 15) is 10.1 Å². The molecule has 0 bridgehead atoms. The van der Waals surface area contributed by atoms with Crippen LogP contribution >= 0.6 is 11.3 Å². The lowest BCUT2D eigenvalue weighted by atomic mass is 10.00. The Morgan fingerprint density at radius 1 is 1.45 bits per heavy atom. The second kappa shape index (κ2) is 5.13. The number of furan rings is 1. The van der Waals surface area contributed by atoms with Gasteiger partial charge in [-0.2, -0.15) is 9.38 Å². The van der Waals surface area contributed by atoms with Gasteiger partial charge in [0.25, 0.3) is 4.96 Å². The van der Waals surface area contributed by atoms with Crippen LogP contribution in [0.15, 0.2) is 34.4 Å². The van der Waals surface area contributed by atoms with E-state index in [2.05, 4.69) is 4.98 Å². The fraction of sp³-hybridized carbons (Fsp3) is 0.357. The molecule has 0 spiro atoms. The third-order valence-corrected chi connectivity index (χ3v) is 4.80. The summed E-state index contributed by atoms with van der Waals surface area (Å²) in [6.45, 7) is 0.747. The van der Waals surface area contributed by atoms with Crippen molar-refractivity contribution in [1.82, 2.24) is 9.38 Å². The van der Waals surface area contributed by atoms with E-state index in [1.807, 2.05) is 17.0 Å². The number of thiazole rings is 1. The van der Waals surface area contributed by atoms with Gasteiger partial charge in [-0.1, -0.05) is 11.3 Å². The number of aromatic nitrogens is 2. The number of nitrogens with zero attached hydrogens (tertiary/aromatic N) is 4. The normalized spacial score (nSPS) is 18.9. The zero-order chi connectivity index (χ0) is 15.1. The van der Waals surface area contributed by atoms with Crippen LogP contribution in [0.2, 0.25) is 0 Å². The zero-order valence-corrected chi connectivity index (χ0v) is 12.5. The van der Waals surface area contributed by atoms with Gasteiger partial charge in [-0.15, -0.1) is 0 Å². The average molecular weight is 318 g/mol. The summed E-state index contributed by atoms with van der Waals surface area (Å²) in [5, 5.41) is 13.3. The predicted octanol–water partition coefficient (Wildman–Crippen LogP) is 3.63. The Hall–Kier alpha value is -2.35. The minimum atomic E-state index is -0.351. The highest BCUT2D eigenvalue weighted by molar-refractivity contribution is 7.15. The summed E-state index contributed by atoms with van der Waals surface area (Å²) in [7, 11) is 0. The van der Waals surface area contributed by atoms with Gasteiger partial charge in [0.2, 0.25) is 5.82 Å². The largest absolute Gasteiger partial charge is 0.467 e. The molecule has 0 radical (unpaired) electrons. The molecule has 0 amide bonds. The first kappa shape index (κ1) is 13.3. The molecule has 0 saturated carbocycles. The van der Waals surface area contributed by atoms with Gasteiger partial charge in [0.15, 0.2) is 0 Å². The van der Waals surface area contributed by atoms with Crippen molar-refractivity contribution in [3.8, 4) is 0 Å². The highest BCUT2D eigenvalue weighted by Crippen LogP contribution is 2.40. The molecule has 1 saturated heterocycles. The maximum atomic E-state index is 11.5. The molecule has 1 unspecified atom stereocenters. The Labute approximate surface area is 129 Å². The molecule has 0 aliphatic carbocycles. The Morgan fingerprint density at radius 2 is 2.36 bits per heavy atom. The summed E-state index contributed by atoms with van der Waals surface area (Å²) in [6, 6.07) is 3.78. The Kier molecular flexibility index (Phi) is 3.11. The summed E-state index contributed by atoms with van der Waals surface area (Å²) < 4.78 is 7.09. The zero-order valence-electron chi connectivity index (χ0n) is 11.7. The molecule has 8 heteroatoms. The Balaban J connectivity index is 1.83. The minimum absolute atomic E-state index is 0.00653. The van der Waals surface area contributed by atoms with E-state index in [4.69, 9.17) is 4.42 Å². The van der Waals surface area contributed by atoms with E-state index in [0.717, 1.165) is 31.6 Å². The molecule has 4 heterocycles. The van der Waals surface area contributed by atoms with Gasteiger partial charge in [-0.05, 0) is 36.3 Å². The van der Waals surface area contributed by atoms with Crippen molar-refractivity contribution in [2.45, 2.75) is 25.3 Å². The van der Waals surface area contributed by atoms with E-state index < -0.39 is 0 Å². The molecule has 22 heavy (non-hydrogen) atoms. The Morgan fingerprint density at radius 3 is 3.14 bits per heavy atom. The number of imidazole rings is 1. The lowest BCUT2D eigenvalue weighted by Gasteiger charge is -2.34. The monoisotopic (exact) mass is 318 g/mol. The summed E-state index contributed by atoms with van der Waals surface area (Å²) in [6.07, 6.45) is 6.33. The molecule has 3 aromatic heterocycles. The number of piperidine rings is 1. The molecule has 1 fully saturated rings. The van der Waals surface area contributed by atoms with E-state index in [-0.39, 0.29) is 16.8 Å². The van der Waals surface area contributed by atoms with Gasteiger partial charge in [0, 0.05) is 11.9 Å². The van der Waals surface area contributed by atoms with Crippen molar-refractivity contribution in [2.24, 2.45) is 0 Å². The first-order valence-electron chi connectivity index (χ1n) is 7.15. The summed E-state index contributed by atoms with van der Waals surface area (Å²) >= 11 is 1.40. The predicted molar refractivity (Wildman–Crippen MR) is 82.4 cm³/mol. The van der Waals surface area contributed by atoms with E-state index >= 15 is 0 Å². The molecule has 4 rings (SSSR count). The number of rotatable bonds is 3. The van der Waals surface area contributed by atoms with Crippen LogP contribution in [-0.4, -0.2) is 20.9 Å². The van der Waals surface area contributed by atoms with Crippen LogP contribution in [0.5, 0.6) is 0 Å². The van der Waals surface area contributed by atoms with Gasteiger partial charge in [0.05, 0.1) is 12.3 Å². The molecular weight excluding hydrogens is 304 g/mol. The molecular formula is C14H14N4O3S. The number of fused-ring (bicyclic) bond motifs is 1. The summed E-state index contributed by atoms with van der Waals surface area (Å²) in [4.78, 5) is 18.3. The molecule has 0 aromatic carbocycles. The molecule has 1 aliphatic rings. The first-order chi connectivity index (χ1) is 10.8. The standard InChI is InChI=1S/C14H14N4O3S/c19-18(20)13-12(15-14-17(13)7-9-22-14)16-6-2-1-4-10(16)11-5-3-8-21-11/h3,5,7-10H,1-2,4,6H2. The van der Waals surface area contributed by atoms with Crippen molar-refractivity contribution in [1.29, 1.82) is 0 Å². The molecule has 0 N–H and O–H groups in total. The lowest BCUT2D eigenvalue weighted by molar-refractivity contribution is -0.389. The first-order valence-corrected chi connectivity index (χ1v) is 8.03. The molecule has 7 nitrogen and oxygen atoms in total. The maximum absolute atomic E-state index is 11.5. The number of hydrogen-bond donors (Lipinski definition) is 0. The SMILES string of the molecule is O=[N+]([O-])c1c(N2CCCCC2c2ccco2)nc2sccn12. The van der Waals surface area contributed by atoms with Crippen LogP contribution in [0.3, 0.4) is 0 Å². The molecule has 1 atom stereocenters. The van der Waals surface area contributed by atoms with Crippen LogP contribution in [0.4, 0.5) is 11.6 Å². The lowest BCUT2D eigenvalue weighted by Crippen LogP contribution is -2.33. The number of nitro groups is 1.